The quantitative estimate of drug-likeness (QED) is 0.736. The number of ether oxygens (including phenoxy) is 1. The second-order valence-corrected chi connectivity index (χ2v) is 3.66. The number of fused-ring (bicyclic) bond motifs is 1. The number of nitrogens with zero attached hydrogens (tertiary/aromatic N) is 3. The Morgan fingerprint density at radius 3 is 2.59 bits per heavy atom. The van der Waals surface area contributed by atoms with Gasteiger partial charge in [0, 0.05) is 20.2 Å². The molecule has 2 aromatic heterocycles. The van der Waals surface area contributed by atoms with Crippen LogP contribution in [0.4, 0.5) is 0 Å². The normalized spacial score (nSPS) is 10.8. The summed E-state index contributed by atoms with van der Waals surface area (Å²) in [5.41, 5.74) is -0.411. The molecule has 0 radical (unpaired) electrons. The average Bonchev–Trinajstić information content (AvgIpc) is 2.34. The summed E-state index contributed by atoms with van der Waals surface area (Å²) < 4.78 is 7.64. The smallest absolute Gasteiger partial charge is 0.332 e. The Morgan fingerprint density at radius 1 is 1.24 bits per heavy atom. The Hall–Kier alpha value is -2.11. The zero-order chi connectivity index (χ0) is 12.6. The Bertz CT molecular complexity index is 685. The number of pyridine rings is 1. The van der Waals surface area contributed by atoms with Crippen molar-refractivity contribution in [3.05, 3.63) is 33.0 Å². The maximum absolute atomic E-state index is 11.8. The first-order valence-corrected chi connectivity index (χ1v) is 5.25. The highest BCUT2D eigenvalue weighted by molar-refractivity contribution is 5.74. The first-order valence-electron chi connectivity index (χ1n) is 5.25. The monoisotopic (exact) mass is 235 g/mol. The molecule has 2 rings (SSSR count). The van der Waals surface area contributed by atoms with E-state index >= 15 is 0 Å². The number of aryl methyl sites for hydroxylation is 1. The first-order chi connectivity index (χ1) is 8.06. The zero-order valence-corrected chi connectivity index (χ0v) is 9.93. The average molecular weight is 235 g/mol. The van der Waals surface area contributed by atoms with Gasteiger partial charge in [-0.15, -0.1) is 0 Å². The van der Waals surface area contributed by atoms with Gasteiger partial charge in [-0.2, -0.15) is 4.98 Å². The fraction of sp³-hybridized carbons (Fsp3) is 0.364. The molecule has 0 aliphatic carbocycles. The Balaban J connectivity index is 2.87. The number of rotatable bonds is 2. The largest absolute Gasteiger partial charge is 0.478 e. The molecule has 2 heterocycles. The molecule has 0 saturated heterocycles. The minimum absolute atomic E-state index is 0.337. The van der Waals surface area contributed by atoms with Crippen LogP contribution in [0.15, 0.2) is 21.7 Å². The van der Waals surface area contributed by atoms with Crippen LogP contribution in [0, 0.1) is 0 Å². The molecule has 0 aliphatic rings. The summed E-state index contributed by atoms with van der Waals surface area (Å²) in [7, 11) is 3.02. The molecule has 0 fully saturated rings. The van der Waals surface area contributed by atoms with Crippen LogP contribution >= 0.6 is 0 Å². The molecule has 0 amide bonds. The van der Waals surface area contributed by atoms with E-state index in [0.717, 1.165) is 4.57 Å². The van der Waals surface area contributed by atoms with Crippen LogP contribution < -0.4 is 16.0 Å². The van der Waals surface area contributed by atoms with Gasteiger partial charge >= 0.3 is 5.69 Å². The van der Waals surface area contributed by atoms with Gasteiger partial charge in [0.1, 0.15) is 0 Å². The predicted molar refractivity (Wildman–Crippen MR) is 63.4 cm³/mol. The lowest BCUT2D eigenvalue weighted by molar-refractivity contribution is 0.327. The minimum Gasteiger partial charge on any atom is -0.478 e. The van der Waals surface area contributed by atoms with E-state index in [-0.39, 0.29) is 5.56 Å². The molecule has 0 N–H and O–H groups in total. The summed E-state index contributed by atoms with van der Waals surface area (Å²) >= 11 is 0. The van der Waals surface area contributed by atoms with Gasteiger partial charge in [-0.1, -0.05) is 0 Å². The zero-order valence-electron chi connectivity index (χ0n) is 9.93. The van der Waals surface area contributed by atoms with Crippen molar-refractivity contribution in [2.75, 3.05) is 6.61 Å². The summed E-state index contributed by atoms with van der Waals surface area (Å²) in [5, 5.41) is 0.401. The summed E-state index contributed by atoms with van der Waals surface area (Å²) in [6.07, 6.45) is 0. The van der Waals surface area contributed by atoms with E-state index < -0.39 is 5.69 Å². The van der Waals surface area contributed by atoms with Crippen LogP contribution in [0.25, 0.3) is 11.0 Å². The molecular weight excluding hydrogens is 222 g/mol. The van der Waals surface area contributed by atoms with Crippen molar-refractivity contribution < 1.29 is 4.74 Å². The highest BCUT2D eigenvalue weighted by Gasteiger charge is 2.10. The molecule has 0 saturated carbocycles. The SMILES string of the molecule is CCOc1ccc2c(=O)n(C)c(=O)n(C)c2n1. The molecule has 0 atom stereocenters. The second kappa shape index (κ2) is 4.04. The Labute approximate surface area is 97.1 Å². The Morgan fingerprint density at radius 2 is 1.94 bits per heavy atom. The van der Waals surface area contributed by atoms with E-state index in [2.05, 4.69) is 4.98 Å². The van der Waals surface area contributed by atoms with Crippen molar-refractivity contribution in [3.8, 4) is 5.88 Å². The van der Waals surface area contributed by atoms with Crippen molar-refractivity contribution in [1.29, 1.82) is 0 Å². The summed E-state index contributed by atoms with van der Waals surface area (Å²) in [5.74, 6) is 0.406. The van der Waals surface area contributed by atoms with Crippen molar-refractivity contribution in [2.24, 2.45) is 14.1 Å². The van der Waals surface area contributed by atoms with Gasteiger partial charge in [0.2, 0.25) is 5.88 Å². The third-order valence-corrected chi connectivity index (χ3v) is 2.57. The summed E-state index contributed by atoms with van der Waals surface area (Å²) in [6, 6.07) is 3.24. The van der Waals surface area contributed by atoms with Crippen molar-refractivity contribution in [2.45, 2.75) is 6.92 Å². The van der Waals surface area contributed by atoms with Crippen molar-refractivity contribution >= 4 is 11.0 Å². The highest BCUT2D eigenvalue weighted by atomic mass is 16.5. The van der Waals surface area contributed by atoms with Gasteiger partial charge < -0.3 is 4.74 Å². The molecule has 6 nitrogen and oxygen atoms in total. The van der Waals surface area contributed by atoms with E-state index in [0.29, 0.717) is 23.5 Å². The van der Waals surface area contributed by atoms with E-state index in [1.165, 1.54) is 11.6 Å². The molecule has 0 unspecified atom stereocenters. The van der Waals surface area contributed by atoms with Crippen molar-refractivity contribution in [3.63, 3.8) is 0 Å². The first kappa shape index (κ1) is 11.4. The molecule has 90 valence electrons. The van der Waals surface area contributed by atoms with Crippen LogP contribution in [0.5, 0.6) is 5.88 Å². The lowest BCUT2D eigenvalue weighted by atomic mass is 10.3. The number of hydrogen-bond acceptors (Lipinski definition) is 4. The fourth-order valence-electron chi connectivity index (χ4n) is 1.67. The lowest BCUT2D eigenvalue weighted by Gasteiger charge is -2.08. The van der Waals surface area contributed by atoms with Gasteiger partial charge in [-0.05, 0) is 13.0 Å². The summed E-state index contributed by atoms with van der Waals surface area (Å²) in [4.78, 5) is 27.7. The number of aromatic nitrogens is 3. The number of hydrogen-bond donors (Lipinski definition) is 0. The van der Waals surface area contributed by atoms with E-state index in [1.807, 2.05) is 6.92 Å². The van der Waals surface area contributed by atoms with E-state index in [9.17, 15) is 9.59 Å². The molecular formula is C11H13N3O3. The van der Waals surface area contributed by atoms with E-state index in [4.69, 9.17) is 4.74 Å². The predicted octanol–water partition coefficient (Wildman–Crippen LogP) is 0.0309. The molecule has 0 aliphatic heterocycles. The standard InChI is InChI=1S/C11H13N3O3/c1-4-17-8-6-5-7-9(12-8)13(2)11(16)14(3)10(7)15/h5-6H,4H2,1-3H3. The van der Waals surface area contributed by atoms with Crippen LogP contribution in [0.3, 0.4) is 0 Å². The fourth-order valence-corrected chi connectivity index (χ4v) is 1.67. The summed E-state index contributed by atoms with van der Waals surface area (Å²) in [6.45, 7) is 2.33. The lowest BCUT2D eigenvalue weighted by Crippen LogP contribution is -2.37. The van der Waals surface area contributed by atoms with Gasteiger partial charge in [0.25, 0.3) is 5.56 Å². The van der Waals surface area contributed by atoms with Gasteiger partial charge in [0.15, 0.2) is 5.65 Å². The highest BCUT2D eigenvalue weighted by Crippen LogP contribution is 2.11. The topological polar surface area (TPSA) is 66.1 Å². The van der Waals surface area contributed by atoms with Gasteiger partial charge in [-0.3, -0.25) is 13.9 Å². The van der Waals surface area contributed by atoms with Crippen LogP contribution in [-0.4, -0.2) is 20.7 Å². The maximum Gasteiger partial charge on any atom is 0.332 e. The Kier molecular flexibility index (Phi) is 2.71. The van der Waals surface area contributed by atoms with Crippen LogP contribution in [-0.2, 0) is 14.1 Å². The van der Waals surface area contributed by atoms with Gasteiger partial charge in [-0.25, -0.2) is 4.79 Å². The van der Waals surface area contributed by atoms with Gasteiger partial charge in [0.05, 0.1) is 12.0 Å². The van der Waals surface area contributed by atoms with E-state index in [1.54, 1.807) is 19.2 Å². The third kappa shape index (κ3) is 1.71. The minimum atomic E-state index is -0.399. The molecule has 0 bridgehead atoms. The third-order valence-electron chi connectivity index (χ3n) is 2.57. The van der Waals surface area contributed by atoms with Crippen molar-refractivity contribution in [1.82, 2.24) is 14.1 Å². The molecule has 0 aromatic carbocycles. The molecule has 0 spiro atoms. The molecule has 17 heavy (non-hydrogen) atoms. The maximum atomic E-state index is 11.8. The molecule has 2 aromatic rings. The van der Waals surface area contributed by atoms with Crippen LogP contribution in [0.2, 0.25) is 0 Å². The van der Waals surface area contributed by atoms with Crippen LogP contribution in [0.1, 0.15) is 6.92 Å². The molecule has 6 heteroatoms. The second-order valence-electron chi connectivity index (χ2n) is 3.66.